The van der Waals surface area contributed by atoms with Crippen molar-refractivity contribution in [2.45, 2.75) is 84.4 Å². The molecule has 0 atom stereocenters. The molecule has 0 saturated heterocycles. The Bertz CT molecular complexity index is 1700. The summed E-state index contributed by atoms with van der Waals surface area (Å²) in [4.78, 5) is 41.7. The summed E-state index contributed by atoms with van der Waals surface area (Å²) in [6.07, 6.45) is 5.77. The number of amides is 1. The topological polar surface area (TPSA) is 107 Å². The molecule has 1 saturated carbocycles. The van der Waals surface area contributed by atoms with Gasteiger partial charge in [0.25, 0.3) is 5.56 Å². The Kier molecular flexibility index (Phi) is 6.39. The molecule has 2 aliphatic rings. The zero-order valence-electron chi connectivity index (χ0n) is 24.6. The fourth-order valence-corrected chi connectivity index (χ4v) is 5.16. The number of benzene rings is 1. The van der Waals surface area contributed by atoms with Crippen LogP contribution in [0, 0.1) is 0 Å². The van der Waals surface area contributed by atoms with Gasteiger partial charge in [0.15, 0.2) is 5.65 Å². The molecule has 0 bridgehead atoms. The molecule has 1 aliphatic heterocycles. The van der Waals surface area contributed by atoms with Gasteiger partial charge >= 0.3 is 6.09 Å². The Labute approximate surface area is 239 Å². The van der Waals surface area contributed by atoms with Crippen LogP contribution in [0.4, 0.5) is 16.4 Å². The molecule has 41 heavy (non-hydrogen) atoms. The first-order valence-electron chi connectivity index (χ1n) is 14.2. The van der Waals surface area contributed by atoms with Gasteiger partial charge in [0.2, 0.25) is 5.95 Å². The van der Waals surface area contributed by atoms with E-state index in [2.05, 4.69) is 42.1 Å². The van der Waals surface area contributed by atoms with Crippen molar-refractivity contribution in [2.75, 3.05) is 11.9 Å². The summed E-state index contributed by atoms with van der Waals surface area (Å²) in [7, 11) is 0. The number of hydrogen-bond acceptors (Lipinski definition) is 7. The molecule has 1 fully saturated rings. The summed E-state index contributed by atoms with van der Waals surface area (Å²) in [5.74, 6) is 0.412. The maximum atomic E-state index is 13.5. The normalized spacial score (nSPS) is 15.6. The Hall–Kier alpha value is -4.21. The van der Waals surface area contributed by atoms with Gasteiger partial charge in [0, 0.05) is 42.3 Å². The molecule has 6 rings (SSSR count). The molecular formula is C31H37N7O3. The number of ether oxygens (including phenoxy) is 1. The van der Waals surface area contributed by atoms with Crippen LogP contribution in [0.5, 0.6) is 0 Å². The van der Waals surface area contributed by atoms with Gasteiger partial charge in [-0.05, 0) is 75.4 Å². The lowest BCUT2D eigenvalue weighted by Crippen LogP contribution is -2.39. The second kappa shape index (κ2) is 9.71. The number of rotatable bonds is 4. The van der Waals surface area contributed by atoms with Gasteiger partial charge in [-0.2, -0.15) is 4.98 Å². The molecule has 0 unspecified atom stereocenters. The summed E-state index contributed by atoms with van der Waals surface area (Å²) in [5, 5.41) is 3.82. The number of hydrogen-bond donors (Lipinski definition) is 1. The van der Waals surface area contributed by atoms with E-state index in [4.69, 9.17) is 9.72 Å². The minimum Gasteiger partial charge on any atom is -0.444 e. The van der Waals surface area contributed by atoms with E-state index in [0.29, 0.717) is 30.1 Å². The number of aromatic nitrogens is 5. The number of carbonyl (C=O) groups is 1. The quantitative estimate of drug-likeness (QED) is 0.347. The monoisotopic (exact) mass is 555 g/mol. The smallest absolute Gasteiger partial charge is 0.410 e. The average molecular weight is 556 g/mol. The molecule has 1 aliphatic carbocycles. The fraction of sp³-hybridized carbons (Fsp3) is 0.452. The Morgan fingerprint density at radius 1 is 1.02 bits per heavy atom. The molecule has 3 aromatic heterocycles. The van der Waals surface area contributed by atoms with Crippen molar-refractivity contribution < 1.29 is 9.53 Å². The fourth-order valence-electron chi connectivity index (χ4n) is 5.16. The third kappa shape index (κ3) is 5.42. The zero-order valence-corrected chi connectivity index (χ0v) is 24.6. The van der Waals surface area contributed by atoms with Crippen LogP contribution in [0.1, 0.15) is 77.2 Å². The predicted molar refractivity (Wildman–Crippen MR) is 158 cm³/mol. The van der Waals surface area contributed by atoms with E-state index in [1.54, 1.807) is 17.3 Å². The van der Waals surface area contributed by atoms with Gasteiger partial charge in [-0.15, -0.1) is 0 Å². The number of nitrogens with zero attached hydrogens (tertiary/aromatic N) is 6. The van der Waals surface area contributed by atoms with Gasteiger partial charge in [-0.25, -0.2) is 19.1 Å². The molecule has 10 nitrogen and oxygen atoms in total. The third-order valence-corrected chi connectivity index (χ3v) is 7.40. The number of carbonyl (C=O) groups excluding carboxylic acids is 1. The standard InChI is InChI=1S/C31H37N7O3/c1-30(2,3)25-16-23(11-13-32-25)37-26-24(27(39)38(37)22-9-10-22)17-33-28(35-26)34-21-8-7-20-18-36(14-12-19(20)15-21)29(40)41-31(4,5)6/h7-8,11,13,15-17,22H,9-10,12,14,18H2,1-6H3,(H,33,34,35). The first kappa shape index (κ1) is 27.0. The van der Waals surface area contributed by atoms with E-state index in [1.807, 2.05) is 54.4 Å². The maximum absolute atomic E-state index is 13.5. The lowest BCUT2D eigenvalue weighted by molar-refractivity contribution is 0.0224. The summed E-state index contributed by atoms with van der Waals surface area (Å²) in [6.45, 7) is 13.1. The molecule has 4 aromatic rings. The largest absolute Gasteiger partial charge is 0.444 e. The van der Waals surface area contributed by atoms with Crippen LogP contribution < -0.4 is 10.9 Å². The predicted octanol–water partition coefficient (Wildman–Crippen LogP) is 5.65. The van der Waals surface area contributed by atoms with Crippen LogP contribution in [0.3, 0.4) is 0 Å². The van der Waals surface area contributed by atoms with Gasteiger partial charge in [-0.3, -0.25) is 9.78 Å². The SMILES string of the molecule is CC(C)(C)OC(=O)N1CCc2cc(Nc3ncc4c(=O)n(C5CC5)n(-c5ccnc(C(C)(C)C)c5)c4n3)ccc2C1. The lowest BCUT2D eigenvalue weighted by Gasteiger charge is -2.31. The Morgan fingerprint density at radius 3 is 2.51 bits per heavy atom. The lowest BCUT2D eigenvalue weighted by atomic mass is 9.91. The van der Waals surface area contributed by atoms with Crippen molar-refractivity contribution in [3.8, 4) is 5.69 Å². The van der Waals surface area contributed by atoms with Crippen molar-refractivity contribution in [1.29, 1.82) is 0 Å². The number of pyridine rings is 1. The van der Waals surface area contributed by atoms with Gasteiger partial charge in [0.05, 0.1) is 11.7 Å². The minimum atomic E-state index is -0.525. The molecular weight excluding hydrogens is 518 g/mol. The highest BCUT2D eigenvalue weighted by Crippen LogP contribution is 2.36. The summed E-state index contributed by atoms with van der Waals surface area (Å²) in [5.41, 5.74) is 4.73. The van der Waals surface area contributed by atoms with Crippen molar-refractivity contribution in [2.24, 2.45) is 0 Å². The second-order valence-corrected chi connectivity index (χ2v) is 13.0. The highest BCUT2D eigenvalue weighted by atomic mass is 16.6. The maximum Gasteiger partial charge on any atom is 0.410 e. The van der Waals surface area contributed by atoms with Gasteiger partial charge in [-0.1, -0.05) is 26.8 Å². The Balaban J connectivity index is 1.31. The minimum absolute atomic E-state index is 0.0773. The summed E-state index contributed by atoms with van der Waals surface area (Å²) in [6, 6.07) is 10.2. The number of fused-ring (bicyclic) bond motifs is 2. The van der Waals surface area contributed by atoms with Crippen LogP contribution in [0.15, 0.2) is 47.5 Å². The molecule has 214 valence electrons. The first-order chi connectivity index (χ1) is 19.4. The summed E-state index contributed by atoms with van der Waals surface area (Å²) >= 11 is 0. The van der Waals surface area contributed by atoms with Crippen LogP contribution in [-0.2, 0) is 23.1 Å². The molecule has 1 aromatic carbocycles. The van der Waals surface area contributed by atoms with Crippen molar-refractivity contribution in [3.63, 3.8) is 0 Å². The average Bonchev–Trinajstić information content (AvgIpc) is 3.70. The van der Waals surface area contributed by atoms with Crippen molar-refractivity contribution in [1.82, 2.24) is 29.2 Å². The zero-order chi connectivity index (χ0) is 29.1. The van der Waals surface area contributed by atoms with Crippen LogP contribution in [-0.4, -0.2) is 47.5 Å². The van der Waals surface area contributed by atoms with E-state index >= 15 is 0 Å². The molecule has 4 heterocycles. The van der Waals surface area contributed by atoms with E-state index in [9.17, 15) is 9.59 Å². The molecule has 0 spiro atoms. The third-order valence-electron chi connectivity index (χ3n) is 7.40. The highest BCUT2D eigenvalue weighted by Gasteiger charge is 2.31. The van der Waals surface area contributed by atoms with Crippen LogP contribution >= 0.6 is 0 Å². The number of nitrogens with one attached hydrogen (secondary N) is 1. The van der Waals surface area contributed by atoms with E-state index in [-0.39, 0.29) is 23.1 Å². The second-order valence-electron chi connectivity index (χ2n) is 13.0. The highest BCUT2D eigenvalue weighted by molar-refractivity contribution is 5.77. The van der Waals surface area contributed by atoms with E-state index < -0.39 is 5.60 Å². The van der Waals surface area contributed by atoms with Crippen LogP contribution in [0.2, 0.25) is 0 Å². The van der Waals surface area contributed by atoms with Gasteiger partial charge < -0.3 is 15.0 Å². The summed E-state index contributed by atoms with van der Waals surface area (Å²) < 4.78 is 9.30. The molecule has 1 N–H and O–H groups in total. The van der Waals surface area contributed by atoms with E-state index in [0.717, 1.165) is 41.9 Å². The molecule has 10 heteroatoms. The van der Waals surface area contributed by atoms with Crippen molar-refractivity contribution >= 4 is 28.8 Å². The van der Waals surface area contributed by atoms with Crippen LogP contribution in [0.25, 0.3) is 16.7 Å². The van der Waals surface area contributed by atoms with Gasteiger partial charge in [0.1, 0.15) is 11.0 Å². The first-order valence-corrected chi connectivity index (χ1v) is 14.2. The molecule has 1 amide bonds. The van der Waals surface area contributed by atoms with E-state index in [1.165, 1.54) is 5.56 Å². The Morgan fingerprint density at radius 2 is 1.80 bits per heavy atom. The number of anilines is 2. The van der Waals surface area contributed by atoms with Crippen molar-refractivity contribution in [3.05, 3.63) is 69.9 Å². The molecule has 0 radical (unpaired) electrons.